The van der Waals surface area contributed by atoms with Gasteiger partial charge in [-0.2, -0.15) is 5.10 Å². The largest absolute Gasteiger partial charge is 0.385 e. The summed E-state index contributed by atoms with van der Waals surface area (Å²) in [6.07, 6.45) is 1.60. The smallest absolute Gasteiger partial charge is 0.148 e. The zero-order valence-electron chi connectivity index (χ0n) is 7.81. The third kappa shape index (κ3) is 1.65. The van der Waals surface area contributed by atoms with Crippen LogP contribution in [0.15, 0.2) is 23.4 Å². The Morgan fingerprint density at radius 2 is 2.36 bits per heavy atom. The lowest BCUT2D eigenvalue weighted by Gasteiger charge is -2.12. The van der Waals surface area contributed by atoms with Gasteiger partial charge in [0.2, 0.25) is 0 Å². The maximum Gasteiger partial charge on any atom is 0.148 e. The van der Waals surface area contributed by atoms with Crippen molar-refractivity contribution >= 4 is 23.3 Å². The summed E-state index contributed by atoms with van der Waals surface area (Å²) in [7, 11) is 0. The van der Waals surface area contributed by atoms with Crippen molar-refractivity contribution < 1.29 is 0 Å². The summed E-state index contributed by atoms with van der Waals surface area (Å²) >= 11 is 5.73. The molecule has 4 nitrogen and oxygen atoms in total. The van der Waals surface area contributed by atoms with Crippen LogP contribution in [0.1, 0.15) is 6.92 Å². The summed E-state index contributed by atoms with van der Waals surface area (Å²) in [6, 6.07) is 3.62. The van der Waals surface area contributed by atoms with Gasteiger partial charge in [-0.05, 0) is 12.1 Å². The second-order valence-electron chi connectivity index (χ2n) is 3.34. The van der Waals surface area contributed by atoms with Crippen molar-refractivity contribution in [2.24, 2.45) is 16.8 Å². The highest BCUT2D eigenvalue weighted by Crippen LogP contribution is 2.19. The fourth-order valence-corrected chi connectivity index (χ4v) is 1.41. The standard InChI is InChI=1S/C9H11ClN4/c1-6-5-14(13-9(6)11)8-3-2-7(10)4-12-8/h2-4,6H,5H2,1H3,(H2,11,13)/t6-/m0/s1. The van der Waals surface area contributed by atoms with E-state index in [9.17, 15) is 0 Å². The van der Waals surface area contributed by atoms with Crippen molar-refractivity contribution in [3.05, 3.63) is 23.4 Å². The van der Waals surface area contributed by atoms with Gasteiger partial charge in [-0.3, -0.25) is 0 Å². The van der Waals surface area contributed by atoms with E-state index in [0.29, 0.717) is 10.9 Å². The number of hydrogen-bond acceptors (Lipinski definition) is 4. The van der Waals surface area contributed by atoms with Crippen molar-refractivity contribution in [1.29, 1.82) is 0 Å². The van der Waals surface area contributed by atoms with Gasteiger partial charge in [-0.15, -0.1) is 0 Å². The minimum Gasteiger partial charge on any atom is -0.385 e. The van der Waals surface area contributed by atoms with Crippen LogP contribution in [-0.2, 0) is 0 Å². The molecule has 14 heavy (non-hydrogen) atoms. The summed E-state index contributed by atoms with van der Waals surface area (Å²) in [5.41, 5.74) is 5.69. The van der Waals surface area contributed by atoms with Crippen molar-refractivity contribution in [3.8, 4) is 0 Å². The Balaban J connectivity index is 2.22. The van der Waals surface area contributed by atoms with Crippen LogP contribution in [0.2, 0.25) is 5.02 Å². The summed E-state index contributed by atoms with van der Waals surface area (Å²) < 4.78 is 0. The fourth-order valence-electron chi connectivity index (χ4n) is 1.30. The average Bonchev–Trinajstić information content (AvgIpc) is 2.48. The number of hydrogen-bond donors (Lipinski definition) is 1. The van der Waals surface area contributed by atoms with E-state index in [1.54, 1.807) is 17.3 Å². The SMILES string of the molecule is C[C@H]1CN(c2ccc(Cl)cn2)N=C1N. The van der Waals surface area contributed by atoms with Crippen LogP contribution >= 0.6 is 11.6 Å². The molecule has 2 N–H and O–H groups in total. The van der Waals surface area contributed by atoms with E-state index in [-0.39, 0.29) is 5.92 Å². The van der Waals surface area contributed by atoms with E-state index in [2.05, 4.69) is 10.1 Å². The van der Waals surface area contributed by atoms with Gasteiger partial charge in [-0.1, -0.05) is 18.5 Å². The number of aromatic nitrogens is 1. The molecular weight excluding hydrogens is 200 g/mol. The van der Waals surface area contributed by atoms with E-state index < -0.39 is 0 Å². The van der Waals surface area contributed by atoms with Crippen molar-refractivity contribution in [2.75, 3.05) is 11.6 Å². The predicted molar refractivity (Wildman–Crippen MR) is 57.4 cm³/mol. The van der Waals surface area contributed by atoms with Gasteiger partial charge in [-0.25, -0.2) is 9.99 Å². The zero-order chi connectivity index (χ0) is 10.1. The number of halogens is 1. The number of anilines is 1. The minimum atomic E-state index is 0.285. The fraction of sp³-hybridized carbons (Fsp3) is 0.333. The topological polar surface area (TPSA) is 54.5 Å². The van der Waals surface area contributed by atoms with Crippen molar-refractivity contribution in [3.63, 3.8) is 0 Å². The zero-order valence-corrected chi connectivity index (χ0v) is 8.57. The molecule has 0 unspecified atom stereocenters. The first-order valence-corrected chi connectivity index (χ1v) is 4.77. The first-order chi connectivity index (χ1) is 6.66. The molecule has 0 bridgehead atoms. The maximum atomic E-state index is 5.73. The maximum absolute atomic E-state index is 5.73. The van der Waals surface area contributed by atoms with E-state index in [1.165, 1.54) is 0 Å². The van der Waals surface area contributed by atoms with Gasteiger partial charge < -0.3 is 5.73 Å². The Hall–Kier alpha value is -1.29. The molecule has 5 heteroatoms. The molecule has 0 amide bonds. The van der Waals surface area contributed by atoms with E-state index in [1.807, 2.05) is 13.0 Å². The van der Waals surface area contributed by atoms with Crippen LogP contribution in [0.5, 0.6) is 0 Å². The van der Waals surface area contributed by atoms with Gasteiger partial charge in [0.25, 0.3) is 0 Å². The summed E-state index contributed by atoms with van der Waals surface area (Å²) in [6.45, 7) is 2.81. The Morgan fingerprint density at radius 3 is 2.86 bits per heavy atom. The lowest BCUT2D eigenvalue weighted by molar-refractivity contribution is 0.764. The van der Waals surface area contributed by atoms with Gasteiger partial charge in [0, 0.05) is 12.1 Å². The molecule has 0 saturated carbocycles. The van der Waals surface area contributed by atoms with Gasteiger partial charge in [0.15, 0.2) is 0 Å². The second-order valence-corrected chi connectivity index (χ2v) is 3.78. The number of rotatable bonds is 1. The van der Waals surface area contributed by atoms with Gasteiger partial charge >= 0.3 is 0 Å². The van der Waals surface area contributed by atoms with Gasteiger partial charge in [0.05, 0.1) is 11.6 Å². The highest BCUT2D eigenvalue weighted by Gasteiger charge is 2.21. The molecule has 1 atom stereocenters. The highest BCUT2D eigenvalue weighted by atomic mass is 35.5. The summed E-state index contributed by atoms with van der Waals surface area (Å²) in [5.74, 6) is 1.72. The molecule has 0 spiro atoms. The van der Waals surface area contributed by atoms with Crippen LogP contribution in [0.3, 0.4) is 0 Å². The van der Waals surface area contributed by atoms with E-state index in [4.69, 9.17) is 17.3 Å². The van der Waals surface area contributed by atoms with Crippen LogP contribution < -0.4 is 10.7 Å². The molecular formula is C9H11ClN4. The first kappa shape index (κ1) is 9.27. The molecule has 1 aliphatic rings. The van der Waals surface area contributed by atoms with E-state index in [0.717, 1.165) is 12.4 Å². The minimum absolute atomic E-state index is 0.285. The number of pyridine rings is 1. The molecule has 2 rings (SSSR count). The molecule has 0 radical (unpaired) electrons. The highest BCUT2D eigenvalue weighted by molar-refractivity contribution is 6.30. The number of nitrogens with zero attached hydrogens (tertiary/aromatic N) is 3. The monoisotopic (exact) mass is 210 g/mol. The molecule has 2 heterocycles. The molecule has 1 aromatic rings. The van der Waals surface area contributed by atoms with Crippen molar-refractivity contribution in [1.82, 2.24) is 4.98 Å². The number of amidine groups is 1. The molecule has 0 saturated heterocycles. The Kier molecular flexibility index (Phi) is 2.29. The second kappa shape index (κ2) is 3.46. The lowest BCUT2D eigenvalue weighted by atomic mass is 10.2. The third-order valence-electron chi connectivity index (χ3n) is 2.16. The first-order valence-electron chi connectivity index (χ1n) is 4.40. The number of nitrogens with two attached hydrogens (primary N) is 1. The molecule has 0 fully saturated rings. The van der Waals surface area contributed by atoms with Crippen LogP contribution in [0, 0.1) is 5.92 Å². The van der Waals surface area contributed by atoms with Crippen LogP contribution in [-0.4, -0.2) is 17.4 Å². The average molecular weight is 211 g/mol. The normalized spacial score (nSPS) is 21.1. The van der Waals surface area contributed by atoms with Crippen LogP contribution in [0.25, 0.3) is 0 Å². The Morgan fingerprint density at radius 1 is 1.57 bits per heavy atom. The Bertz CT molecular complexity index is 360. The van der Waals surface area contributed by atoms with E-state index >= 15 is 0 Å². The summed E-state index contributed by atoms with van der Waals surface area (Å²) in [5, 5.41) is 6.60. The lowest BCUT2D eigenvalue weighted by Crippen LogP contribution is -2.20. The number of hydrazone groups is 1. The molecule has 1 aliphatic heterocycles. The van der Waals surface area contributed by atoms with Crippen molar-refractivity contribution in [2.45, 2.75) is 6.92 Å². The molecule has 0 aliphatic carbocycles. The molecule has 74 valence electrons. The van der Waals surface area contributed by atoms with Crippen LogP contribution in [0.4, 0.5) is 5.82 Å². The third-order valence-corrected chi connectivity index (χ3v) is 2.39. The molecule has 1 aromatic heterocycles. The molecule has 0 aromatic carbocycles. The quantitative estimate of drug-likeness (QED) is 0.764. The summed E-state index contributed by atoms with van der Waals surface area (Å²) in [4.78, 5) is 4.16. The Labute approximate surface area is 87.4 Å². The predicted octanol–water partition coefficient (Wildman–Crippen LogP) is 1.46. The van der Waals surface area contributed by atoms with Gasteiger partial charge in [0.1, 0.15) is 11.7 Å².